The summed E-state index contributed by atoms with van der Waals surface area (Å²) in [6.07, 6.45) is 3.70. The van der Waals surface area contributed by atoms with Gasteiger partial charge in [-0.05, 0) is 24.1 Å². The molecule has 5 heteroatoms. The van der Waals surface area contributed by atoms with Crippen LogP contribution in [0.2, 0.25) is 0 Å². The summed E-state index contributed by atoms with van der Waals surface area (Å²) >= 11 is 0. The van der Waals surface area contributed by atoms with Gasteiger partial charge in [-0.15, -0.1) is 0 Å². The molecule has 0 aliphatic heterocycles. The van der Waals surface area contributed by atoms with E-state index in [4.69, 9.17) is 14.2 Å². The van der Waals surface area contributed by atoms with E-state index in [0.29, 0.717) is 33.0 Å². The number of methoxy groups -OCH3 is 1. The maximum absolute atomic E-state index is 5.44. The largest absolute Gasteiger partial charge is 0.382 e. The molecule has 1 rings (SSSR count). The first-order valence-corrected chi connectivity index (χ1v) is 6.59. The van der Waals surface area contributed by atoms with Crippen LogP contribution in [0.25, 0.3) is 0 Å². The van der Waals surface area contributed by atoms with Crippen molar-refractivity contribution < 1.29 is 14.2 Å². The second-order valence-corrected chi connectivity index (χ2v) is 4.20. The van der Waals surface area contributed by atoms with Gasteiger partial charge in [0.2, 0.25) is 0 Å². The number of aryl methyl sites for hydroxylation is 1. The third-order valence-electron chi connectivity index (χ3n) is 2.68. The second kappa shape index (κ2) is 10.9. The van der Waals surface area contributed by atoms with Crippen molar-refractivity contribution in [2.75, 3.05) is 46.7 Å². The van der Waals surface area contributed by atoms with Crippen molar-refractivity contribution in [2.24, 2.45) is 0 Å². The Bertz CT molecular complexity index is 334. The normalized spacial score (nSPS) is 10.8. The Morgan fingerprint density at radius 3 is 2.58 bits per heavy atom. The molecule has 1 N–H and O–H groups in total. The van der Waals surface area contributed by atoms with Gasteiger partial charge in [0.15, 0.2) is 0 Å². The van der Waals surface area contributed by atoms with Crippen LogP contribution in [0.4, 0.5) is 0 Å². The Balaban J connectivity index is 1.90. The Labute approximate surface area is 115 Å². The van der Waals surface area contributed by atoms with E-state index in [1.807, 2.05) is 18.5 Å². The number of nitrogens with one attached hydrogen (secondary N) is 1. The van der Waals surface area contributed by atoms with Crippen molar-refractivity contribution in [3.05, 3.63) is 29.6 Å². The van der Waals surface area contributed by atoms with Crippen molar-refractivity contribution >= 4 is 0 Å². The van der Waals surface area contributed by atoms with Crippen molar-refractivity contribution in [3.8, 4) is 0 Å². The van der Waals surface area contributed by atoms with Crippen molar-refractivity contribution in [3.63, 3.8) is 0 Å². The summed E-state index contributed by atoms with van der Waals surface area (Å²) in [4.78, 5) is 4.07. The number of pyridine rings is 1. The maximum atomic E-state index is 5.44. The van der Waals surface area contributed by atoms with Gasteiger partial charge in [-0.25, -0.2) is 0 Å². The minimum absolute atomic E-state index is 0.618. The predicted molar refractivity (Wildman–Crippen MR) is 74.2 cm³/mol. The average molecular weight is 268 g/mol. The molecule has 1 aromatic heterocycles. The molecule has 0 bridgehead atoms. The fourth-order valence-electron chi connectivity index (χ4n) is 1.53. The molecule has 0 spiro atoms. The zero-order valence-electron chi connectivity index (χ0n) is 11.9. The SMILES string of the molecule is COCCOCCOCCNCc1ccncc1C. The molecule has 0 atom stereocenters. The molecule has 1 heterocycles. The summed E-state index contributed by atoms with van der Waals surface area (Å²) in [5.41, 5.74) is 2.49. The van der Waals surface area contributed by atoms with Crippen LogP contribution in [0, 0.1) is 6.92 Å². The van der Waals surface area contributed by atoms with Crippen LogP contribution in [0.1, 0.15) is 11.1 Å². The smallest absolute Gasteiger partial charge is 0.0701 e. The summed E-state index contributed by atoms with van der Waals surface area (Å²) in [5.74, 6) is 0. The Morgan fingerprint density at radius 2 is 1.84 bits per heavy atom. The van der Waals surface area contributed by atoms with Crippen molar-refractivity contribution in [1.82, 2.24) is 10.3 Å². The monoisotopic (exact) mass is 268 g/mol. The number of hydrogen-bond donors (Lipinski definition) is 1. The number of rotatable bonds is 11. The van der Waals surface area contributed by atoms with Gasteiger partial charge in [0.05, 0.1) is 33.0 Å². The molecular weight excluding hydrogens is 244 g/mol. The maximum Gasteiger partial charge on any atom is 0.0701 e. The highest BCUT2D eigenvalue weighted by molar-refractivity contribution is 5.20. The fourth-order valence-corrected chi connectivity index (χ4v) is 1.53. The lowest BCUT2D eigenvalue weighted by Gasteiger charge is -2.08. The van der Waals surface area contributed by atoms with Crippen molar-refractivity contribution in [1.29, 1.82) is 0 Å². The first-order valence-electron chi connectivity index (χ1n) is 6.59. The van der Waals surface area contributed by atoms with Gasteiger partial charge in [0.1, 0.15) is 0 Å². The van der Waals surface area contributed by atoms with Gasteiger partial charge < -0.3 is 19.5 Å². The Morgan fingerprint density at radius 1 is 1.11 bits per heavy atom. The quantitative estimate of drug-likeness (QED) is 0.610. The molecule has 5 nitrogen and oxygen atoms in total. The summed E-state index contributed by atoms with van der Waals surface area (Å²) in [6, 6.07) is 2.03. The fraction of sp³-hybridized carbons (Fsp3) is 0.643. The van der Waals surface area contributed by atoms with Crippen LogP contribution in [-0.4, -0.2) is 51.7 Å². The van der Waals surface area contributed by atoms with Crippen LogP contribution in [0.15, 0.2) is 18.5 Å². The Hall–Kier alpha value is -1.01. The summed E-state index contributed by atoms with van der Waals surface area (Å²) in [6.45, 7) is 6.94. The van der Waals surface area contributed by atoms with Gasteiger partial charge in [-0.1, -0.05) is 0 Å². The first kappa shape index (κ1) is 16.0. The molecule has 19 heavy (non-hydrogen) atoms. The van der Waals surface area contributed by atoms with Gasteiger partial charge in [-0.3, -0.25) is 4.98 Å². The molecule has 0 aliphatic rings. The molecule has 0 saturated heterocycles. The van der Waals surface area contributed by atoms with Gasteiger partial charge in [-0.2, -0.15) is 0 Å². The molecule has 108 valence electrons. The molecular formula is C14H24N2O3. The molecule has 0 unspecified atom stereocenters. The average Bonchev–Trinajstić information content (AvgIpc) is 2.43. The molecule has 0 saturated carbocycles. The predicted octanol–water partition coefficient (Wildman–Crippen LogP) is 1.16. The van der Waals surface area contributed by atoms with Crippen LogP contribution in [0.3, 0.4) is 0 Å². The molecule has 0 amide bonds. The second-order valence-electron chi connectivity index (χ2n) is 4.20. The van der Waals surface area contributed by atoms with E-state index >= 15 is 0 Å². The highest BCUT2D eigenvalue weighted by atomic mass is 16.5. The summed E-state index contributed by atoms with van der Waals surface area (Å²) < 4.78 is 15.6. The third-order valence-corrected chi connectivity index (χ3v) is 2.68. The minimum Gasteiger partial charge on any atom is -0.382 e. The Kier molecular flexibility index (Phi) is 9.18. The van der Waals surface area contributed by atoms with E-state index in [2.05, 4.69) is 17.2 Å². The van der Waals surface area contributed by atoms with E-state index in [9.17, 15) is 0 Å². The van der Waals surface area contributed by atoms with E-state index in [1.54, 1.807) is 7.11 Å². The van der Waals surface area contributed by atoms with E-state index in [1.165, 1.54) is 11.1 Å². The first-order chi connectivity index (χ1) is 9.34. The summed E-state index contributed by atoms with van der Waals surface area (Å²) in [5, 5.41) is 3.34. The zero-order valence-corrected chi connectivity index (χ0v) is 11.9. The van der Waals surface area contributed by atoms with Crippen LogP contribution in [-0.2, 0) is 20.8 Å². The lowest BCUT2D eigenvalue weighted by atomic mass is 10.1. The number of hydrogen-bond acceptors (Lipinski definition) is 5. The highest BCUT2D eigenvalue weighted by Gasteiger charge is 1.96. The lowest BCUT2D eigenvalue weighted by molar-refractivity contribution is 0.0255. The molecule has 0 radical (unpaired) electrons. The number of aromatic nitrogens is 1. The third kappa shape index (κ3) is 7.89. The standard InChI is InChI=1S/C14H24N2O3/c1-13-11-15-4-3-14(13)12-16-5-6-18-9-10-19-8-7-17-2/h3-4,11,16H,5-10,12H2,1-2H3. The van der Waals surface area contributed by atoms with Crippen LogP contribution in [0.5, 0.6) is 0 Å². The topological polar surface area (TPSA) is 52.6 Å². The highest BCUT2D eigenvalue weighted by Crippen LogP contribution is 2.03. The minimum atomic E-state index is 0.618. The zero-order chi connectivity index (χ0) is 13.8. The number of nitrogens with zero attached hydrogens (tertiary/aromatic N) is 1. The van der Waals surface area contributed by atoms with Gasteiger partial charge in [0.25, 0.3) is 0 Å². The molecule has 1 aromatic rings. The molecule has 0 fully saturated rings. The van der Waals surface area contributed by atoms with Crippen LogP contribution >= 0.6 is 0 Å². The van der Waals surface area contributed by atoms with Crippen molar-refractivity contribution in [2.45, 2.75) is 13.5 Å². The van der Waals surface area contributed by atoms with Gasteiger partial charge in [0, 0.05) is 32.6 Å². The van der Waals surface area contributed by atoms with E-state index < -0.39 is 0 Å². The van der Waals surface area contributed by atoms with E-state index in [0.717, 1.165) is 13.1 Å². The number of ether oxygens (including phenoxy) is 3. The molecule has 0 aliphatic carbocycles. The van der Waals surface area contributed by atoms with Crippen LogP contribution < -0.4 is 5.32 Å². The van der Waals surface area contributed by atoms with E-state index in [-0.39, 0.29) is 0 Å². The summed E-state index contributed by atoms with van der Waals surface area (Å²) in [7, 11) is 1.66. The molecule has 0 aromatic carbocycles. The van der Waals surface area contributed by atoms with Gasteiger partial charge >= 0.3 is 0 Å². The lowest BCUT2D eigenvalue weighted by Crippen LogP contribution is -2.21.